The number of anilines is 2. The number of carbonyl (C=O) groups excluding carboxylic acids is 2. The molecule has 0 bridgehead atoms. The molecule has 0 atom stereocenters. The van der Waals surface area contributed by atoms with Crippen LogP contribution in [0.15, 0.2) is 48.8 Å². The first-order chi connectivity index (χ1) is 13.2. The summed E-state index contributed by atoms with van der Waals surface area (Å²) < 4.78 is 0. The summed E-state index contributed by atoms with van der Waals surface area (Å²) in [6.07, 6.45) is 6.07. The highest BCUT2D eigenvalue weighted by molar-refractivity contribution is 7.15. The van der Waals surface area contributed by atoms with E-state index >= 15 is 0 Å². The predicted octanol–water partition coefficient (Wildman–Crippen LogP) is 3.78. The monoisotopic (exact) mass is 381 g/mol. The second-order valence-corrected chi connectivity index (χ2v) is 6.90. The third kappa shape index (κ3) is 5.18. The summed E-state index contributed by atoms with van der Waals surface area (Å²) in [4.78, 5) is 28.6. The van der Waals surface area contributed by atoms with Gasteiger partial charge in [0.1, 0.15) is 5.01 Å². The van der Waals surface area contributed by atoms with Crippen molar-refractivity contribution in [3.63, 3.8) is 0 Å². The third-order valence-corrected chi connectivity index (χ3v) is 4.64. The molecular weight excluding hydrogens is 362 g/mol. The van der Waals surface area contributed by atoms with Crippen molar-refractivity contribution < 1.29 is 9.59 Å². The Morgan fingerprint density at radius 3 is 2.63 bits per heavy atom. The van der Waals surface area contributed by atoms with Gasteiger partial charge in [-0.3, -0.25) is 19.9 Å². The Labute approximate surface area is 160 Å². The molecule has 7 nitrogen and oxygen atoms in total. The average Bonchev–Trinajstić information content (AvgIpc) is 3.14. The van der Waals surface area contributed by atoms with Crippen LogP contribution in [0.1, 0.15) is 45.5 Å². The quantitative estimate of drug-likeness (QED) is 0.649. The van der Waals surface area contributed by atoms with Crippen LogP contribution < -0.4 is 10.6 Å². The fraction of sp³-hybridized carbons (Fsp3) is 0.211. The van der Waals surface area contributed by atoms with Crippen LogP contribution in [0.2, 0.25) is 0 Å². The van der Waals surface area contributed by atoms with E-state index in [1.807, 2.05) is 0 Å². The number of aryl methyl sites for hydroxylation is 1. The van der Waals surface area contributed by atoms with Crippen molar-refractivity contribution in [1.82, 2.24) is 15.2 Å². The van der Waals surface area contributed by atoms with Crippen LogP contribution in [0, 0.1) is 0 Å². The number of aromatic nitrogens is 3. The molecule has 0 saturated heterocycles. The van der Waals surface area contributed by atoms with Gasteiger partial charge in [0.2, 0.25) is 5.13 Å². The van der Waals surface area contributed by atoms with Crippen LogP contribution in [0.5, 0.6) is 0 Å². The van der Waals surface area contributed by atoms with Crippen molar-refractivity contribution >= 4 is 34.0 Å². The summed E-state index contributed by atoms with van der Waals surface area (Å²) in [5.74, 6) is -0.587. The Morgan fingerprint density at radius 2 is 1.85 bits per heavy atom. The van der Waals surface area contributed by atoms with E-state index in [4.69, 9.17) is 0 Å². The number of nitrogens with one attached hydrogen (secondary N) is 2. The van der Waals surface area contributed by atoms with Crippen LogP contribution >= 0.6 is 11.3 Å². The zero-order chi connectivity index (χ0) is 19.1. The molecule has 0 aliphatic rings. The lowest BCUT2D eigenvalue weighted by atomic mass is 10.2. The number of hydrogen-bond donors (Lipinski definition) is 2. The van der Waals surface area contributed by atoms with Crippen molar-refractivity contribution in [3.8, 4) is 0 Å². The fourth-order valence-corrected chi connectivity index (χ4v) is 3.12. The molecule has 0 aliphatic heterocycles. The molecule has 2 aromatic heterocycles. The van der Waals surface area contributed by atoms with Gasteiger partial charge in [-0.15, -0.1) is 10.2 Å². The molecule has 1 aromatic carbocycles. The van der Waals surface area contributed by atoms with Gasteiger partial charge >= 0.3 is 0 Å². The van der Waals surface area contributed by atoms with E-state index in [0.717, 1.165) is 24.3 Å². The number of hydrogen-bond acceptors (Lipinski definition) is 6. The van der Waals surface area contributed by atoms with Gasteiger partial charge in [-0.05, 0) is 36.8 Å². The Bertz CT molecular complexity index is 927. The van der Waals surface area contributed by atoms with Crippen LogP contribution in [-0.4, -0.2) is 27.0 Å². The number of carbonyl (C=O) groups is 2. The molecule has 0 aliphatic carbocycles. The topological polar surface area (TPSA) is 96.9 Å². The van der Waals surface area contributed by atoms with Crippen molar-refractivity contribution in [2.45, 2.75) is 26.2 Å². The lowest BCUT2D eigenvalue weighted by molar-refractivity contribution is 0.101. The molecule has 8 heteroatoms. The van der Waals surface area contributed by atoms with E-state index in [-0.39, 0.29) is 11.8 Å². The standard InChI is InChI=1S/C19H19N5O2S/c1-2-3-9-16-23-24-19(27-16)22-17(25)13-6-4-8-15(11-13)21-18(26)14-7-5-10-20-12-14/h4-8,10-12H,2-3,9H2,1H3,(H,21,26)(H,22,24,25). The summed E-state index contributed by atoms with van der Waals surface area (Å²) in [6.45, 7) is 2.11. The first-order valence-electron chi connectivity index (χ1n) is 8.61. The number of amides is 2. The molecule has 0 fully saturated rings. The molecular formula is C19H19N5O2S. The molecule has 0 radical (unpaired) electrons. The molecule has 3 rings (SSSR count). The van der Waals surface area contributed by atoms with E-state index in [1.54, 1.807) is 42.6 Å². The molecule has 3 aromatic rings. The van der Waals surface area contributed by atoms with Crippen molar-refractivity contribution in [2.75, 3.05) is 10.6 Å². The van der Waals surface area contributed by atoms with Crippen LogP contribution in [0.25, 0.3) is 0 Å². The van der Waals surface area contributed by atoms with Gasteiger partial charge in [0.25, 0.3) is 11.8 Å². The van der Waals surface area contributed by atoms with E-state index in [1.165, 1.54) is 17.5 Å². The molecule has 2 amide bonds. The molecule has 27 heavy (non-hydrogen) atoms. The van der Waals surface area contributed by atoms with E-state index < -0.39 is 0 Å². The van der Waals surface area contributed by atoms with Crippen molar-refractivity contribution in [1.29, 1.82) is 0 Å². The Hall–Kier alpha value is -3.13. The van der Waals surface area contributed by atoms with Crippen LogP contribution in [-0.2, 0) is 6.42 Å². The maximum Gasteiger partial charge on any atom is 0.257 e. The van der Waals surface area contributed by atoms with Gasteiger partial charge in [-0.1, -0.05) is 30.7 Å². The zero-order valence-electron chi connectivity index (χ0n) is 14.8. The SMILES string of the molecule is CCCCc1nnc(NC(=O)c2cccc(NC(=O)c3cccnc3)c2)s1. The lowest BCUT2D eigenvalue weighted by Crippen LogP contribution is -2.14. The van der Waals surface area contributed by atoms with Gasteiger partial charge in [-0.2, -0.15) is 0 Å². The summed E-state index contributed by atoms with van der Waals surface area (Å²) in [5.41, 5.74) is 1.39. The van der Waals surface area contributed by atoms with Crippen LogP contribution in [0.3, 0.4) is 0 Å². The first-order valence-corrected chi connectivity index (χ1v) is 9.42. The van der Waals surface area contributed by atoms with Gasteiger partial charge in [-0.25, -0.2) is 0 Å². The summed E-state index contributed by atoms with van der Waals surface area (Å²) in [5, 5.41) is 15.0. The maximum atomic E-state index is 12.5. The molecule has 2 heterocycles. The smallest absolute Gasteiger partial charge is 0.257 e. The van der Waals surface area contributed by atoms with Gasteiger partial charge in [0, 0.05) is 30.1 Å². The largest absolute Gasteiger partial charge is 0.322 e. The summed E-state index contributed by atoms with van der Waals surface area (Å²) in [6, 6.07) is 10.1. The molecule has 0 spiro atoms. The van der Waals surface area contributed by atoms with Crippen LogP contribution in [0.4, 0.5) is 10.8 Å². The molecule has 2 N–H and O–H groups in total. The zero-order valence-corrected chi connectivity index (χ0v) is 15.6. The number of nitrogens with zero attached hydrogens (tertiary/aromatic N) is 3. The lowest BCUT2D eigenvalue weighted by Gasteiger charge is -2.07. The normalized spacial score (nSPS) is 10.4. The van der Waals surface area contributed by atoms with Gasteiger partial charge in [0.05, 0.1) is 5.56 Å². The second kappa shape index (κ2) is 9.00. The number of pyridine rings is 1. The molecule has 0 saturated carbocycles. The summed E-state index contributed by atoms with van der Waals surface area (Å²) in [7, 11) is 0. The number of rotatable bonds is 7. The van der Waals surface area contributed by atoms with Gasteiger partial charge < -0.3 is 5.32 Å². The average molecular weight is 381 g/mol. The highest BCUT2D eigenvalue weighted by Gasteiger charge is 2.12. The number of unbranched alkanes of at least 4 members (excludes halogenated alkanes) is 1. The minimum Gasteiger partial charge on any atom is -0.322 e. The van der Waals surface area contributed by atoms with E-state index in [2.05, 4.69) is 32.7 Å². The van der Waals surface area contributed by atoms with Gasteiger partial charge in [0.15, 0.2) is 0 Å². The fourth-order valence-electron chi connectivity index (χ4n) is 2.34. The Kier molecular flexibility index (Phi) is 6.22. The second-order valence-electron chi connectivity index (χ2n) is 5.84. The summed E-state index contributed by atoms with van der Waals surface area (Å²) >= 11 is 1.38. The third-order valence-electron chi connectivity index (χ3n) is 3.74. The highest BCUT2D eigenvalue weighted by Crippen LogP contribution is 2.19. The number of benzene rings is 1. The van der Waals surface area contributed by atoms with Crippen molar-refractivity contribution in [2.24, 2.45) is 0 Å². The minimum absolute atomic E-state index is 0.287. The molecule has 0 unspecified atom stereocenters. The Morgan fingerprint density at radius 1 is 1.04 bits per heavy atom. The maximum absolute atomic E-state index is 12.5. The van der Waals surface area contributed by atoms with Crippen molar-refractivity contribution in [3.05, 3.63) is 64.9 Å². The predicted molar refractivity (Wildman–Crippen MR) is 105 cm³/mol. The minimum atomic E-state index is -0.300. The first kappa shape index (κ1) is 18.7. The van der Waals surface area contributed by atoms with E-state index in [9.17, 15) is 9.59 Å². The Balaban J connectivity index is 1.65. The van der Waals surface area contributed by atoms with E-state index in [0.29, 0.717) is 21.9 Å². The molecule has 138 valence electrons. The highest BCUT2D eigenvalue weighted by atomic mass is 32.1.